The van der Waals surface area contributed by atoms with Crippen LogP contribution < -0.4 is 5.46 Å². The van der Waals surface area contributed by atoms with Crippen LogP contribution in [0.5, 0.6) is 0 Å². The Morgan fingerprint density at radius 3 is 2.82 bits per heavy atom. The van der Waals surface area contributed by atoms with E-state index in [9.17, 15) is 5.11 Å². The zero-order valence-electron chi connectivity index (χ0n) is 9.56. The van der Waals surface area contributed by atoms with Crippen molar-refractivity contribution >= 4 is 29.2 Å². The maximum atomic E-state index is 9.70. The van der Waals surface area contributed by atoms with Gasteiger partial charge in [-0.2, -0.15) is 0 Å². The first-order valence-electron chi connectivity index (χ1n) is 5.52. The SMILES string of the molecule is [B]c1cc(Br)c(C)cc1[C@H]1C[C@@H](O)[C@@H](CO)O1. The minimum Gasteiger partial charge on any atom is -0.394 e. The van der Waals surface area contributed by atoms with E-state index in [2.05, 4.69) is 15.9 Å². The maximum Gasteiger partial charge on any atom is 0.114 e. The first-order chi connectivity index (χ1) is 8.02. The van der Waals surface area contributed by atoms with E-state index in [0.29, 0.717) is 11.9 Å². The Labute approximate surface area is 110 Å². The molecule has 2 radical (unpaired) electrons. The van der Waals surface area contributed by atoms with Crippen molar-refractivity contribution in [3.8, 4) is 0 Å². The molecule has 5 heteroatoms. The maximum absolute atomic E-state index is 9.70. The molecule has 0 bridgehead atoms. The Morgan fingerprint density at radius 2 is 2.24 bits per heavy atom. The lowest BCUT2D eigenvalue weighted by Crippen LogP contribution is -2.24. The van der Waals surface area contributed by atoms with Gasteiger partial charge in [0.05, 0.1) is 18.8 Å². The Balaban J connectivity index is 2.27. The molecule has 0 amide bonds. The Hall–Kier alpha value is -0.355. The van der Waals surface area contributed by atoms with Gasteiger partial charge in [0.25, 0.3) is 0 Å². The Morgan fingerprint density at radius 1 is 1.53 bits per heavy atom. The van der Waals surface area contributed by atoms with Gasteiger partial charge in [-0.1, -0.05) is 33.5 Å². The first-order valence-corrected chi connectivity index (χ1v) is 6.32. The Bertz CT molecular complexity index is 424. The third kappa shape index (κ3) is 2.57. The number of aliphatic hydroxyl groups is 2. The highest BCUT2D eigenvalue weighted by Gasteiger charge is 2.34. The summed E-state index contributed by atoms with van der Waals surface area (Å²) in [6.07, 6.45) is -0.915. The summed E-state index contributed by atoms with van der Waals surface area (Å²) in [5.74, 6) is 0. The van der Waals surface area contributed by atoms with Crippen LogP contribution in [0, 0.1) is 6.92 Å². The molecule has 1 aromatic rings. The average Bonchev–Trinajstić information content (AvgIpc) is 2.65. The minimum absolute atomic E-state index is 0.174. The molecule has 3 nitrogen and oxygen atoms in total. The minimum atomic E-state index is -0.631. The quantitative estimate of drug-likeness (QED) is 0.791. The van der Waals surface area contributed by atoms with Gasteiger partial charge in [-0.25, -0.2) is 0 Å². The predicted octanol–water partition coefficient (Wildman–Crippen LogP) is 0.735. The second-order valence-electron chi connectivity index (χ2n) is 4.38. The van der Waals surface area contributed by atoms with Crippen LogP contribution in [0.15, 0.2) is 16.6 Å². The lowest BCUT2D eigenvalue weighted by atomic mass is 9.86. The third-order valence-corrected chi connectivity index (χ3v) is 3.97. The number of rotatable bonds is 2. The van der Waals surface area contributed by atoms with Crippen molar-refractivity contribution in [2.45, 2.75) is 31.7 Å². The van der Waals surface area contributed by atoms with Crippen LogP contribution in [0.25, 0.3) is 0 Å². The fourth-order valence-electron chi connectivity index (χ4n) is 2.09. The van der Waals surface area contributed by atoms with Crippen molar-refractivity contribution in [3.05, 3.63) is 27.7 Å². The first kappa shape index (κ1) is 13.1. The van der Waals surface area contributed by atoms with E-state index in [-0.39, 0.29) is 12.7 Å². The van der Waals surface area contributed by atoms with Gasteiger partial charge in [0, 0.05) is 10.9 Å². The van der Waals surface area contributed by atoms with Gasteiger partial charge in [-0.15, -0.1) is 0 Å². The molecule has 0 aromatic heterocycles. The van der Waals surface area contributed by atoms with Crippen LogP contribution in [0.1, 0.15) is 23.7 Å². The molecule has 1 saturated heterocycles. The summed E-state index contributed by atoms with van der Waals surface area (Å²) in [5, 5.41) is 18.7. The van der Waals surface area contributed by atoms with Gasteiger partial charge >= 0.3 is 0 Å². The molecule has 2 N–H and O–H groups in total. The van der Waals surface area contributed by atoms with Crippen molar-refractivity contribution in [2.75, 3.05) is 6.61 Å². The average molecular weight is 297 g/mol. The highest BCUT2D eigenvalue weighted by molar-refractivity contribution is 9.10. The van der Waals surface area contributed by atoms with Crippen LogP contribution in [0.2, 0.25) is 0 Å². The van der Waals surface area contributed by atoms with Gasteiger partial charge in [-0.3, -0.25) is 0 Å². The molecule has 1 fully saturated rings. The molecule has 17 heavy (non-hydrogen) atoms. The fraction of sp³-hybridized carbons (Fsp3) is 0.500. The number of halogens is 1. The Kier molecular flexibility index (Phi) is 3.93. The van der Waals surface area contributed by atoms with Gasteiger partial charge in [0.15, 0.2) is 0 Å². The van der Waals surface area contributed by atoms with Crippen molar-refractivity contribution in [2.24, 2.45) is 0 Å². The number of ether oxygens (including phenoxy) is 1. The topological polar surface area (TPSA) is 49.7 Å². The third-order valence-electron chi connectivity index (χ3n) is 3.11. The van der Waals surface area contributed by atoms with Gasteiger partial charge < -0.3 is 14.9 Å². The van der Waals surface area contributed by atoms with Gasteiger partial charge in [0.1, 0.15) is 14.0 Å². The van der Waals surface area contributed by atoms with E-state index in [1.807, 2.05) is 19.1 Å². The molecule has 3 atom stereocenters. The van der Waals surface area contributed by atoms with E-state index < -0.39 is 12.2 Å². The summed E-state index contributed by atoms with van der Waals surface area (Å²) < 4.78 is 6.54. The summed E-state index contributed by atoms with van der Waals surface area (Å²) in [4.78, 5) is 0. The van der Waals surface area contributed by atoms with Gasteiger partial charge in [0.2, 0.25) is 0 Å². The summed E-state index contributed by atoms with van der Waals surface area (Å²) >= 11 is 3.42. The van der Waals surface area contributed by atoms with Crippen molar-refractivity contribution < 1.29 is 14.9 Å². The molecule has 0 saturated carbocycles. The highest BCUT2D eigenvalue weighted by atomic mass is 79.9. The lowest BCUT2D eigenvalue weighted by Gasteiger charge is -2.16. The molecule has 90 valence electrons. The number of hydrogen-bond donors (Lipinski definition) is 2. The second kappa shape index (κ2) is 5.10. The summed E-state index contributed by atoms with van der Waals surface area (Å²) in [5.41, 5.74) is 2.58. The molecule has 1 heterocycles. The number of aryl methyl sites for hydroxylation is 1. The lowest BCUT2D eigenvalue weighted by molar-refractivity contribution is -0.0223. The molecule has 1 aliphatic rings. The predicted molar refractivity (Wildman–Crippen MR) is 69.6 cm³/mol. The van der Waals surface area contributed by atoms with Crippen molar-refractivity contribution in [1.29, 1.82) is 0 Å². The zero-order valence-corrected chi connectivity index (χ0v) is 11.1. The van der Waals surface area contributed by atoms with Crippen molar-refractivity contribution in [3.63, 3.8) is 0 Å². The summed E-state index contributed by atoms with van der Waals surface area (Å²) in [7, 11) is 5.95. The largest absolute Gasteiger partial charge is 0.394 e. The molecule has 0 unspecified atom stereocenters. The molecular weight excluding hydrogens is 283 g/mol. The molecule has 0 spiro atoms. The highest BCUT2D eigenvalue weighted by Crippen LogP contribution is 2.33. The summed E-state index contributed by atoms with van der Waals surface area (Å²) in [6, 6.07) is 3.79. The van der Waals surface area contributed by atoms with Crippen LogP contribution in [-0.4, -0.2) is 36.9 Å². The van der Waals surface area contributed by atoms with E-state index in [1.54, 1.807) is 0 Å². The summed E-state index contributed by atoms with van der Waals surface area (Å²) in [6.45, 7) is 1.80. The standard InChI is InChI=1S/C12H14BBrO3/c1-6-2-7(8(13)3-9(6)14)11-4-10(16)12(5-15)17-11/h2-3,10-12,15-16H,4-5H2,1H3/t10-,11-,12-/m1/s1. The van der Waals surface area contributed by atoms with Gasteiger partial charge in [-0.05, 0) is 18.1 Å². The normalized spacial score (nSPS) is 28.6. The van der Waals surface area contributed by atoms with E-state index >= 15 is 0 Å². The molecule has 1 aromatic carbocycles. The number of aliphatic hydroxyl groups excluding tert-OH is 2. The monoisotopic (exact) mass is 296 g/mol. The number of hydrogen-bond acceptors (Lipinski definition) is 3. The van der Waals surface area contributed by atoms with Crippen LogP contribution in [0.4, 0.5) is 0 Å². The van der Waals surface area contributed by atoms with Crippen molar-refractivity contribution in [1.82, 2.24) is 0 Å². The molecule has 2 rings (SSSR count). The second-order valence-corrected chi connectivity index (χ2v) is 5.23. The van der Waals surface area contributed by atoms with Crippen LogP contribution >= 0.6 is 15.9 Å². The van der Waals surface area contributed by atoms with Crippen LogP contribution in [0.3, 0.4) is 0 Å². The number of benzene rings is 1. The molecule has 0 aliphatic carbocycles. The van der Waals surface area contributed by atoms with E-state index in [1.165, 1.54) is 0 Å². The van der Waals surface area contributed by atoms with Crippen LogP contribution in [-0.2, 0) is 4.74 Å². The smallest absolute Gasteiger partial charge is 0.114 e. The molecule has 1 aliphatic heterocycles. The van der Waals surface area contributed by atoms with E-state index in [0.717, 1.165) is 15.6 Å². The fourth-order valence-corrected chi connectivity index (χ4v) is 2.45. The molecular formula is C12H14BBrO3. The zero-order chi connectivity index (χ0) is 12.6. The van der Waals surface area contributed by atoms with E-state index in [4.69, 9.17) is 17.7 Å².